The van der Waals surface area contributed by atoms with Crippen molar-refractivity contribution in [2.45, 2.75) is 12.8 Å². The fourth-order valence-corrected chi connectivity index (χ4v) is 1.43. The summed E-state index contributed by atoms with van der Waals surface area (Å²) >= 11 is 5.84. The summed E-state index contributed by atoms with van der Waals surface area (Å²) in [6.45, 7) is -0.0249. The van der Waals surface area contributed by atoms with Gasteiger partial charge in [-0.2, -0.15) is 0 Å². The van der Waals surface area contributed by atoms with Crippen molar-refractivity contribution in [3.63, 3.8) is 0 Å². The first-order valence-electron chi connectivity index (χ1n) is 4.36. The van der Waals surface area contributed by atoms with Gasteiger partial charge in [0.25, 0.3) is 0 Å². The third-order valence-corrected chi connectivity index (χ3v) is 2.47. The second kappa shape index (κ2) is 5.27. The van der Waals surface area contributed by atoms with Gasteiger partial charge in [-0.1, -0.05) is 29.8 Å². The first kappa shape index (κ1) is 11.4. The zero-order chi connectivity index (χ0) is 10.6. The molecular weight excluding hydrogens is 208 g/mol. The molecule has 1 unspecified atom stereocenters. The lowest BCUT2D eigenvalue weighted by atomic mass is 10.00. The highest BCUT2D eigenvalue weighted by Gasteiger charge is 2.19. The lowest BCUT2D eigenvalue weighted by Gasteiger charge is -2.14. The third kappa shape index (κ3) is 2.93. The minimum absolute atomic E-state index is 0.0249. The standard InChI is InChI=1S/C10H12ClF2N/c11-9-4-2-1-3-7(9)5-8(6-14)10(12)13/h1-4,8,10H,5-6,14H2. The fraction of sp³-hybridized carbons (Fsp3) is 0.400. The van der Waals surface area contributed by atoms with Crippen molar-refractivity contribution in [2.24, 2.45) is 11.7 Å². The van der Waals surface area contributed by atoms with Gasteiger partial charge in [0.05, 0.1) is 0 Å². The highest BCUT2D eigenvalue weighted by atomic mass is 35.5. The Bertz CT molecular complexity index is 291. The topological polar surface area (TPSA) is 26.0 Å². The van der Waals surface area contributed by atoms with Crippen molar-refractivity contribution >= 4 is 11.6 Å². The molecule has 14 heavy (non-hydrogen) atoms. The maximum atomic E-state index is 12.4. The average molecular weight is 220 g/mol. The molecule has 0 amide bonds. The number of alkyl halides is 2. The van der Waals surface area contributed by atoms with Crippen LogP contribution in [0.3, 0.4) is 0 Å². The van der Waals surface area contributed by atoms with Gasteiger partial charge in [0, 0.05) is 17.5 Å². The van der Waals surface area contributed by atoms with Gasteiger partial charge in [0.15, 0.2) is 0 Å². The lowest BCUT2D eigenvalue weighted by Crippen LogP contribution is -2.24. The van der Waals surface area contributed by atoms with E-state index >= 15 is 0 Å². The van der Waals surface area contributed by atoms with Crippen molar-refractivity contribution in [1.82, 2.24) is 0 Å². The summed E-state index contributed by atoms with van der Waals surface area (Å²) in [5.74, 6) is -0.810. The molecule has 0 spiro atoms. The number of hydrogen-bond donors (Lipinski definition) is 1. The first-order valence-corrected chi connectivity index (χ1v) is 4.74. The van der Waals surface area contributed by atoms with Crippen LogP contribution in [-0.2, 0) is 6.42 Å². The summed E-state index contributed by atoms with van der Waals surface area (Å²) in [7, 11) is 0. The van der Waals surface area contributed by atoms with E-state index in [0.717, 1.165) is 5.56 Å². The minimum Gasteiger partial charge on any atom is -0.330 e. The molecular formula is C10H12ClF2N. The van der Waals surface area contributed by atoms with Crippen LogP contribution in [0.2, 0.25) is 5.02 Å². The van der Waals surface area contributed by atoms with Gasteiger partial charge in [-0.05, 0) is 18.1 Å². The minimum atomic E-state index is -2.39. The monoisotopic (exact) mass is 219 g/mol. The molecule has 0 radical (unpaired) electrons. The van der Waals surface area contributed by atoms with Crippen molar-refractivity contribution in [3.05, 3.63) is 34.9 Å². The van der Waals surface area contributed by atoms with Gasteiger partial charge in [0.2, 0.25) is 6.43 Å². The number of benzene rings is 1. The second-order valence-electron chi connectivity index (χ2n) is 3.13. The summed E-state index contributed by atoms with van der Waals surface area (Å²) in [5, 5.41) is 0.520. The summed E-state index contributed by atoms with van der Waals surface area (Å²) < 4.78 is 24.8. The van der Waals surface area contributed by atoms with E-state index in [9.17, 15) is 8.78 Å². The number of hydrogen-bond acceptors (Lipinski definition) is 1. The molecule has 78 valence electrons. The molecule has 4 heteroatoms. The van der Waals surface area contributed by atoms with Crippen molar-refractivity contribution in [3.8, 4) is 0 Å². The van der Waals surface area contributed by atoms with Crippen LogP contribution in [0, 0.1) is 5.92 Å². The summed E-state index contributed by atoms with van der Waals surface area (Å²) in [4.78, 5) is 0. The van der Waals surface area contributed by atoms with Crippen LogP contribution in [0.15, 0.2) is 24.3 Å². The Morgan fingerprint density at radius 3 is 2.43 bits per heavy atom. The maximum absolute atomic E-state index is 12.4. The largest absolute Gasteiger partial charge is 0.330 e. The van der Waals surface area contributed by atoms with Crippen LogP contribution in [0.5, 0.6) is 0 Å². The smallest absolute Gasteiger partial charge is 0.242 e. The first-order chi connectivity index (χ1) is 6.65. The number of nitrogens with two attached hydrogens (primary N) is 1. The van der Waals surface area contributed by atoms with E-state index in [0.29, 0.717) is 5.02 Å². The molecule has 0 bridgehead atoms. The van der Waals surface area contributed by atoms with Gasteiger partial charge in [-0.15, -0.1) is 0 Å². The SMILES string of the molecule is NCC(Cc1ccccc1Cl)C(F)F. The van der Waals surface area contributed by atoms with E-state index in [-0.39, 0.29) is 13.0 Å². The molecule has 1 atom stereocenters. The van der Waals surface area contributed by atoms with Crippen LogP contribution in [-0.4, -0.2) is 13.0 Å². The van der Waals surface area contributed by atoms with Gasteiger partial charge in [-0.3, -0.25) is 0 Å². The molecule has 0 aliphatic rings. The normalized spacial score (nSPS) is 13.2. The molecule has 1 nitrogen and oxygen atoms in total. The van der Waals surface area contributed by atoms with E-state index in [1.807, 2.05) is 0 Å². The second-order valence-corrected chi connectivity index (χ2v) is 3.53. The molecule has 2 N–H and O–H groups in total. The third-order valence-electron chi connectivity index (χ3n) is 2.10. The van der Waals surface area contributed by atoms with Crippen molar-refractivity contribution in [2.75, 3.05) is 6.54 Å². The van der Waals surface area contributed by atoms with Crippen LogP contribution in [0.4, 0.5) is 8.78 Å². The lowest BCUT2D eigenvalue weighted by molar-refractivity contribution is 0.0814. The van der Waals surface area contributed by atoms with E-state index < -0.39 is 12.3 Å². The molecule has 0 saturated carbocycles. The Kier molecular flexibility index (Phi) is 4.29. The molecule has 0 fully saturated rings. The van der Waals surface area contributed by atoms with Crippen LogP contribution in [0.1, 0.15) is 5.56 Å². The fourth-order valence-electron chi connectivity index (χ4n) is 1.22. The van der Waals surface area contributed by atoms with Gasteiger partial charge in [-0.25, -0.2) is 8.78 Å². The molecule has 0 aromatic heterocycles. The number of halogens is 3. The summed E-state index contributed by atoms with van der Waals surface area (Å²) in [5.41, 5.74) is 5.98. The predicted molar refractivity (Wildman–Crippen MR) is 53.7 cm³/mol. The highest BCUT2D eigenvalue weighted by molar-refractivity contribution is 6.31. The van der Waals surface area contributed by atoms with Crippen molar-refractivity contribution in [1.29, 1.82) is 0 Å². The average Bonchev–Trinajstić information content (AvgIpc) is 2.16. The molecule has 1 aromatic carbocycles. The van der Waals surface area contributed by atoms with E-state index in [4.69, 9.17) is 17.3 Å². The Balaban J connectivity index is 2.72. The Morgan fingerprint density at radius 2 is 1.93 bits per heavy atom. The zero-order valence-corrected chi connectivity index (χ0v) is 8.35. The van der Waals surface area contributed by atoms with Crippen LogP contribution >= 0.6 is 11.6 Å². The summed E-state index contributed by atoms with van der Waals surface area (Å²) in [6.07, 6.45) is -2.16. The quantitative estimate of drug-likeness (QED) is 0.828. The molecule has 0 aliphatic carbocycles. The van der Waals surface area contributed by atoms with Gasteiger partial charge < -0.3 is 5.73 Å². The highest BCUT2D eigenvalue weighted by Crippen LogP contribution is 2.21. The molecule has 0 heterocycles. The van der Waals surface area contributed by atoms with Crippen molar-refractivity contribution < 1.29 is 8.78 Å². The number of rotatable bonds is 4. The maximum Gasteiger partial charge on any atom is 0.242 e. The molecule has 0 saturated heterocycles. The predicted octanol–water partition coefficient (Wildman–Crippen LogP) is 2.72. The molecule has 1 aromatic rings. The van der Waals surface area contributed by atoms with E-state index in [1.54, 1.807) is 24.3 Å². The Morgan fingerprint density at radius 1 is 1.29 bits per heavy atom. The van der Waals surface area contributed by atoms with Gasteiger partial charge in [0.1, 0.15) is 0 Å². The van der Waals surface area contributed by atoms with Crippen LogP contribution < -0.4 is 5.73 Å². The van der Waals surface area contributed by atoms with E-state index in [1.165, 1.54) is 0 Å². The molecule has 1 rings (SSSR count). The summed E-state index contributed by atoms with van der Waals surface area (Å²) in [6, 6.07) is 6.98. The molecule has 0 aliphatic heterocycles. The van der Waals surface area contributed by atoms with E-state index in [2.05, 4.69) is 0 Å². The van der Waals surface area contributed by atoms with Gasteiger partial charge >= 0.3 is 0 Å². The zero-order valence-electron chi connectivity index (χ0n) is 7.59. The Labute approximate surface area is 86.9 Å². The Hall–Kier alpha value is -0.670. The van der Waals surface area contributed by atoms with Crippen LogP contribution in [0.25, 0.3) is 0 Å².